The van der Waals surface area contributed by atoms with Crippen LogP contribution < -0.4 is 0 Å². The van der Waals surface area contributed by atoms with E-state index in [4.69, 9.17) is 0 Å². The van der Waals surface area contributed by atoms with Gasteiger partial charge in [0.25, 0.3) is 5.91 Å². The molecular formula is C16H19N3O2. The number of H-pyrrole nitrogens is 1. The second-order valence-corrected chi connectivity index (χ2v) is 5.61. The number of carbonyl (C=O) groups excluding carboxylic acids is 2. The lowest BCUT2D eigenvalue weighted by atomic mass is 10.1. The highest BCUT2D eigenvalue weighted by molar-refractivity contribution is 6.01. The Labute approximate surface area is 123 Å². The highest BCUT2D eigenvalue weighted by atomic mass is 16.2. The van der Waals surface area contributed by atoms with Gasteiger partial charge in [-0.1, -0.05) is 12.1 Å². The fraction of sp³-hybridized carbons (Fsp3) is 0.375. The summed E-state index contributed by atoms with van der Waals surface area (Å²) >= 11 is 0. The van der Waals surface area contributed by atoms with Crippen molar-refractivity contribution in [2.75, 3.05) is 26.2 Å². The number of nitrogens with one attached hydrogen (secondary N) is 1. The third-order valence-electron chi connectivity index (χ3n) is 4.18. The van der Waals surface area contributed by atoms with Gasteiger partial charge in [0, 0.05) is 37.1 Å². The summed E-state index contributed by atoms with van der Waals surface area (Å²) in [7, 11) is 0. The Morgan fingerprint density at radius 3 is 2.57 bits per heavy atom. The van der Waals surface area contributed by atoms with Crippen molar-refractivity contribution in [1.29, 1.82) is 0 Å². The molecule has 1 aromatic carbocycles. The Morgan fingerprint density at radius 2 is 1.90 bits per heavy atom. The number of hydrogen-bond acceptors (Lipinski definition) is 2. The van der Waals surface area contributed by atoms with Crippen LogP contribution in [-0.2, 0) is 4.79 Å². The molecule has 0 bridgehead atoms. The Balaban J connectivity index is 1.88. The number of aromatic amines is 1. The van der Waals surface area contributed by atoms with Gasteiger partial charge in [-0.15, -0.1) is 0 Å². The SMILES string of the molecule is Cc1ccc2c(C)c(C(=O)N3CCN(C=O)CC3)[nH]c2c1. The number of hydrogen-bond donors (Lipinski definition) is 1. The van der Waals surface area contributed by atoms with Crippen LogP contribution in [0.2, 0.25) is 0 Å². The molecule has 0 spiro atoms. The van der Waals surface area contributed by atoms with Gasteiger partial charge >= 0.3 is 0 Å². The molecule has 3 rings (SSSR count). The molecule has 2 aromatic rings. The zero-order valence-electron chi connectivity index (χ0n) is 12.3. The van der Waals surface area contributed by atoms with Crippen LogP contribution >= 0.6 is 0 Å². The monoisotopic (exact) mass is 285 g/mol. The molecule has 110 valence electrons. The molecule has 0 saturated carbocycles. The van der Waals surface area contributed by atoms with Gasteiger partial charge in [0.05, 0.1) is 0 Å². The lowest BCUT2D eigenvalue weighted by Crippen LogP contribution is -2.48. The number of nitrogens with zero attached hydrogens (tertiary/aromatic N) is 2. The third kappa shape index (κ3) is 2.39. The Bertz CT molecular complexity index is 697. The van der Waals surface area contributed by atoms with Crippen molar-refractivity contribution in [2.24, 2.45) is 0 Å². The number of aromatic nitrogens is 1. The van der Waals surface area contributed by atoms with Gasteiger partial charge in [0.1, 0.15) is 5.69 Å². The van der Waals surface area contributed by atoms with Gasteiger partial charge in [-0.25, -0.2) is 0 Å². The largest absolute Gasteiger partial charge is 0.350 e. The van der Waals surface area contributed by atoms with Crippen molar-refractivity contribution < 1.29 is 9.59 Å². The van der Waals surface area contributed by atoms with E-state index >= 15 is 0 Å². The number of rotatable bonds is 2. The van der Waals surface area contributed by atoms with Crippen LogP contribution in [0.25, 0.3) is 10.9 Å². The second-order valence-electron chi connectivity index (χ2n) is 5.61. The number of carbonyl (C=O) groups is 2. The molecular weight excluding hydrogens is 266 g/mol. The minimum atomic E-state index is 0.0203. The summed E-state index contributed by atoms with van der Waals surface area (Å²) in [6.07, 6.45) is 0.846. The van der Waals surface area contributed by atoms with Crippen LogP contribution in [0.15, 0.2) is 18.2 Å². The maximum absolute atomic E-state index is 12.7. The van der Waals surface area contributed by atoms with E-state index in [0.29, 0.717) is 31.9 Å². The molecule has 5 heteroatoms. The summed E-state index contributed by atoms with van der Waals surface area (Å²) in [5, 5.41) is 1.09. The van der Waals surface area contributed by atoms with Crippen LogP contribution in [0.1, 0.15) is 21.6 Å². The Hall–Kier alpha value is -2.30. The van der Waals surface area contributed by atoms with Crippen molar-refractivity contribution in [3.63, 3.8) is 0 Å². The summed E-state index contributed by atoms with van der Waals surface area (Å²) in [4.78, 5) is 30.1. The van der Waals surface area contributed by atoms with E-state index in [1.165, 1.54) is 5.56 Å². The molecule has 2 amide bonds. The Morgan fingerprint density at radius 1 is 1.19 bits per heavy atom. The minimum Gasteiger partial charge on any atom is -0.350 e. The predicted molar refractivity (Wildman–Crippen MR) is 81.3 cm³/mol. The molecule has 1 aliphatic heterocycles. The fourth-order valence-electron chi connectivity index (χ4n) is 2.85. The highest BCUT2D eigenvalue weighted by Gasteiger charge is 2.24. The molecule has 0 aliphatic carbocycles. The molecule has 0 radical (unpaired) electrons. The molecule has 21 heavy (non-hydrogen) atoms. The highest BCUT2D eigenvalue weighted by Crippen LogP contribution is 2.24. The first kappa shape index (κ1) is 13.7. The quantitative estimate of drug-likeness (QED) is 0.854. The number of fused-ring (bicyclic) bond motifs is 1. The van der Waals surface area contributed by atoms with Gasteiger partial charge in [-0.3, -0.25) is 9.59 Å². The fourth-order valence-corrected chi connectivity index (χ4v) is 2.85. The normalized spacial score (nSPS) is 15.5. The van der Waals surface area contributed by atoms with Crippen LogP contribution in [0.5, 0.6) is 0 Å². The zero-order chi connectivity index (χ0) is 15.0. The third-order valence-corrected chi connectivity index (χ3v) is 4.18. The van der Waals surface area contributed by atoms with E-state index in [0.717, 1.165) is 22.9 Å². The first-order valence-electron chi connectivity index (χ1n) is 7.17. The van der Waals surface area contributed by atoms with Crippen molar-refractivity contribution in [1.82, 2.24) is 14.8 Å². The standard InChI is InChI=1S/C16H19N3O2/c1-11-3-4-13-12(2)15(17-14(13)9-11)16(21)19-7-5-18(10-20)6-8-19/h3-4,9-10,17H,5-8H2,1-2H3. The molecule has 0 unspecified atom stereocenters. The molecule has 1 fully saturated rings. The van der Waals surface area contributed by atoms with Crippen LogP contribution in [0.3, 0.4) is 0 Å². The average molecular weight is 285 g/mol. The number of amides is 2. The van der Waals surface area contributed by atoms with Crippen molar-refractivity contribution in [3.8, 4) is 0 Å². The topological polar surface area (TPSA) is 56.4 Å². The van der Waals surface area contributed by atoms with Gasteiger partial charge < -0.3 is 14.8 Å². The van der Waals surface area contributed by atoms with Crippen LogP contribution in [-0.4, -0.2) is 53.3 Å². The van der Waals surface area contributed by atoms with E-state index in [2.05, 4.69) is 23.2 Å². The lowest BCUT2D eigenvalue weighted by molar-refractivity contribution is -0.119. The summed E-state index contributed by atoms with van der Waals surface area (Å²) in [5.74, 6) is 0.0203. The van der Waals surface area contributed by atoms with E-state index in [9.17, 15) is 9.59 Å². The smallest absolute Gasteiger partial charge is 0.270 e. The van der Waals surface area contributed by atoms with E-state index < -0.39 is 0 Å². The molecule has 1 N–H and O–H groups in total. The van der Waals surface area contributed by atoms with E-state index in [1.807, 2.05) is 18.7 Å². The number of aryl methyl sites for hydroxylation is 2. The summed E-state index contributed by atoms with van der Waals surface area (Å²) < 4.78 is 0. The summed E-state index contributed by atoms with van der Waals surface area (Å²) in [6, 6.07) is 6.17. The molecule has 1 aliphatic rings. The average Bonchev–Trinajstić information content (AvgIpc) is 2.83. The zero-order valence-corrected chi connectivity index (χ0v) is 12.3. The molecule has 1 aromatic heterocycles. The van der Waals surface area contributed by atoms with Gasteiger partial charge in [-0.05, 0) is 31.0 Å². The van der Waals surface area contributed by atoms with Crippen molar-refractivity contribution in [3.05, 3.63) is 35.0 Å². The summed E-state index contributed by atoms with van der Waals surface area (Å²) in [6.45, 7) is 6.40. The minimum absolute atomic E-state index is 0.0203. The summed E-state index contributed by atoms with van der Waals surface area (Å²) in [5.41, 5.74) is 3.83. The van der Waals surface area contributed by atoms with Crippen LogP contribution in [0, 0.1) is 13.8 Å². The number of piperazine rings is 1. The van der Waals surface area contributed by atoms with Crippen molar-refractivity contribution >= 4 is 23.2 Å². The van der Waals surface area contributed by atoms with Crippen molar-refractivity contribution in [2.45, 2.75) is 13.8 Å². The first-order chi connectivity index (χ1) is 10.1. The molecule has 1 saturated heterocycles. The Kier molecular flexibility index (Phi) is 3.41. The molecule has 0 atom stereocenters. The van der Waals surface area contributed by atoms with Crippen LogP contribution in [0.4, 0.5) is 0 Å². The van der Waals surface area contributed by atoms with Gasteiger partial charge in [0.15, 0.2) is 0 Å². The lowest BCUT2D eigenvalue weighted by Gasteiger charge is -2.32. The first-order valence-corrected chi connectivity index (χ1v) is 7.17. The van der Waals surface area contributed by atoms with Gasteiger partial charge in [-0.2, -0.15) is 0 Å². The van der Waals surface area contributed by atoms with E-state index in [-0.39, 0.29) is 5.91 Å². The molecule has 5 nitrogen and oxygen atoms in total. The maximum Gasteiger partial charge on any atom is 0.270 e. The number of benzene rings is 1. The van der Waals surface area contributed by atoms with Gasteiger partial charge in [0.2, 0.25) is 6.41 Å². The molecule has 2 heterocycles. The second kappa shape index (κ2) is 5.24. The predicted octanol–water partition coefficient (Wildman–Crippen LogP) is 1.70. The van der Waals surface area contributed by atoms with E-state index in [1.54, 1.807) is 4.90 Å². The maximum atomic E-state index is 12.7.